The molecule has 0 aliphatic carbocycles. The Balaban J connectivity index is 1.73. The van der Waals surface area contributed by atoms with Crippen molar-refractivity contribution in [3.8, 4) is 11.1 Å². The van der Waals surface area contributed by atoms with Crippen molar-refractivity contribution in [1.29, 1.82) is 0 Å². The van der Waals surface area contributed by atoms with Crippen LogP contribution < -0.4 is 4.46 Å². The van der Waals surface area contributed by atoms with E-state index in [-0.39, 0.29) is 33.1 Å². The van der Waals surface area contributed by atoms with Gasteiger partial charge in [0.1, 0.15) is 0 Å². The van der Waals surface area contributed by atoms with Crippen LogP contribution in [0.5, 0.6) is 0 Å². The van der Waals surface area contributed by atoms with Crippen molar-refractivity contribution in [3.63, 3.8) is 0 Å². The molecular weight excluding hydrogens is 511 g/mol. The molecule has 0 aliphatic rings. The van der Waals surface area contributed by atoms with E-state index in [2.05, 4.69) is 106 Å². The van der Waals surface area contributed by atoms with E-state index in [9.17, 15) is 0 Å². The summed E-state index contributed by atoms with van der Waals surface area (Å²) in [5.74, 6) is 2.12. The van der Waals surface area contributed by atoms with E-state index >= 15 is 0 Å². The fraction of sp³-hybridized carbons (Fsp3) is 0.312. The molecule has 1 heterocycles. The van der Waals surface area contributed by atoms with Crippen LogP contribution >= 0.6 is 0 Å². The molecule has 3 aromatic carbocycles. The van der Waals surface area contributed by atoms with E-state index in [4.69, 9.17) is 13.9 Å². The number of methoxy groups -OCH3 is 2. The van der Waals surface area contributed by atoms with E-state index in [0.29, 0.717) is 4.82 Å². The van der Waals surface area contributed by atoms with E-state index in [1.165, 1.54) is 32.3 Å². The zero-order valence-corrected chi connectivity index (χ0v) is 23.7. The van der Waals surface area contributed by atoms with Crippen molar-refractivity contribution in [2.45, 2.75) is 50.6 Å². The van der Waals surface area contributed by atoms with Crippen LogP contribution in [0.15, 0.2) is 89.3 Å². The van der Waals surface area contributed by atoms with Gasteiger partial charge < -0.3 is 0 Å². The first-order chi connectivity index (χ1) is 17.4. The number of rotatable bonds is 10. The predicted molar refractivity (Wildman–Crippen MR) is 149 cm³/mol. The molecule has 0 fully saturated rings. The van der Waals surface area contributed by atoms with Gasteiger partial charge in [-0.25, -0.2) is 0 Å². The molecule has 0 saturated carbocycles. The van der Waals surface area contributed by atoms with Crippen LogP contribution in [0, 0.1) is 6.92 Å². The summed E-state index contributed by atoms with van der Waals surface area (Å²) < 4.78 is 19.1. The van der Waals surface area contributed by atoms with Crippen molar-refractivity contribution in [1.82, 2.24) is 0 Å². The molecule has 0 saturated heterocycles. The maximum absolute atomic E-state index is 6.23. The van der Waals surface area contributed by atoms with E-state index in [0.717, 1.165) is 11.5 Å². The Bertz CT molecular complexity index is 1220. The van der Waals surface area contributed by atoms with E-state index in [1.54, 1.807) is 14.2 Å². The second-order valence-electron chi connectivity index (χ2n) is 9.26. The van der Waals surface area contributed by atoms with Crippen LogP contribution in [0.3, 0.4) is 0 Å². The van der Waals surface area contributed by atoms with Gasteiger partial charge in [-0.05, 0) is 0 Å². The van der Waals surface area contributed by atoms with Gasteiger partial charge in [-0.15, -0.1) is 0 Å². The Hall–Kier alpha value is -2.62. The number of benzene rings is 3. The molecule has 188 valence electrons. The standard InChI is InChI=1S/C32H36O3Se/c1-21-15-20-30(35-21)31(27-18-16-26(17-19-27)25-11-8-7-9-12-25)24(4)36-32-28(22(2)33-5)13-10-14-29(32)23(3)34-6/h7-20,22-24,31H,1-6H3/t22-,23-,24-,31-/m1/s1. The van der Waals surface area contributed by atoms with Crippen LogP contribution in [0.1, 0.15) is 67.1 Å². The second kappa shape index (κ2) is 12.1. The van der Waals surface area contributed by atoms with Gasteiger partial charge in [-0.1, -0.05) is 0 Å². The summed E-state index contributed by atoms with van der Waals surface area (Å²) in [5, 5.41) is 0. The van der Waals surface area contributed by atoms with Crippen molar-refractivity contribution in [3.05, 3.63) is 113 Å². The fourth-order valence-corrected chi connectivity index (χ4v) is 7.89. The molecule has 4 heteroatoms. The summed E-state index contributed by atoms with van der Waals surface area (Å²) in [7, 11) is 3.56. The summed E-state index contributed by atoms with van der Waals surface area (Å²) in [6.45, 7) is 8.61. The number of hydrogen-bond acceptors (Lipinski definition) is 3. The maximum atomic E-state index is 6.23. The van der Waals surface area contributed by atoms with Crippen molar-refractivity contribution < 1.29 is 13.9 Å². The zero-order valence-electron chi connectivity index (χ0n) is 22.0. The van der Waals surface area contributed by atoms with Crippen LogP contribution in [-0.2, 0) is 9.47 Å². The number of hydrogen-bond donors (Lipinski definition) is 0. The molecule has 4 aromatic rings. The van der Waals surface area contributed by atoms with Gasteiger partial charge in [0.25, 0.3) is 0 Å². The van der Waals surface area contributed by atoms with Crippen molar-refractivity contribution >= 4 is 19.4 Å². The van der Waals surface area contributed by atoms with Crippen LogP contribution in [-0.4, -0.2) is 29.2 Å². The Labute approximate surface area is 222 Å². The third kappa shape index (κ3) is 5.85. The van der Waals surface area contributed by atoms with Gasteiger partial charge in [0, 0.05) is 0 Å². The van der Waals surface area contributed by atoms with Crippen LogP contribution in [0.2, 0.25) is 4.82 Å². The number of furan rings is 1. The molecule has 1 aromatic heterocycles. The van der Waals surface area contributed by atoms with Crippen molar-refractivity contribution in [2.75, 3.05) is 14.2 Å². The molecule has 0 aliphatic heterocycles. The minimum absolute atomic E-state index is 0.0209. The van der Waals surface area contributed by atoms with Crippen molar-refractivity contribution in [2.24, 2.45) is 0 Å². The van der Waals surface area contributed by atoms with Gasteiger partial charge in [-0.2, -0.15) is 0 Å². The summed E-state index contributed by atoms with van der Waals surface area (Å²) in [6.07, 6.45) is 0.0417. The average molecular weight is 548 g/mol. The number of aryl methyl sites for hydroxylation is 1. The Morgan fingerprint density at radius 1 is 0.667 bits per heavy atom. The third-order valence-corrected chi connectivity index (χ3v) is 9.71. The molecule has 4 rings (SSSR count). The van der Waals surface area contributed by atoms with Gasteiger partial charge in [0.2, 0.25) is 0 Å². The first-order valence-electron chi connectivity index (χ1n) is 12.5. The summed E-state index contributed by atoms with van der Waals surface area (Å²) in [4.78, 5) is 0.346. The third-order valence-electron chi connectivity index (χ3n) is 6.88. The van der Waals surface area contributed by atoms with Gasteiger partial charge in [-0.3, -0.25) is 0 Å². The predicted octanol–water partition coefficient (Wildman–Crippen LogP) is 7.64. The Morgan fingerprint density at radius 2 is 1.25 bits per heavy atom. The monoisotopic (exact) mass is 548 g/mol. The average Bonchev–Trinajstić information content (AvgIpc) is 3.34. The molecule has 0 amide bonds. The molecule has 0 N–H and O–H groups in total. The van der Waals surface area contributed by atoms with Crippen LogP contribution in [0.25, 0.3) is 11.1 Å². The minimum atomic E-state index is 0.0209. The molecule has 0 radical (unpaired) electrons. The van der Waals surface area contributed by atoms with Gasteiger partial charge >= 0.3 is 222 Å². The molecule has 0 bridgehead atoms. The topological polar surface area (TPSA) is 31.6 Å². The summed E-state index contributed by atoms with van der Waals surface area (Å²) in [5.41, 5.74) is 6.23. The summed E-state index contributed by atoms with van der Waals surface area (Å²) in [6, 6.07) is 30.2. The normalized spacial score (nSPS) is 14.8. The Morgan fingerprint density at radius 3 is 1.78 bits per heavy atom. The molecule has 0 unspecified atom stereocenters. The molecule has 36 heavy (non-hydrogen) atoms. The number of ether oxygens (including phenoxy) is 2. The summed E-state index contributed by atoms with van der Waals surface area (Å²) >= 11 is 0.148. The first kappa shape index (κ1) is 26.4. The Kier molecular flexibility index (Phi) is 8.87. The molecule has 3 nitrogen and oxygen atoms in total. The molecular formula is C32H36O3Se. The van der Waals surface area contributed by atoms with E-state index < -0.39 is 0 Å². The SMILES string of the molecule is CO[C@H](C)c1cccc([C@@H](C)OC)c1[Se][C@H](C)[C@H](c1ccc(-c2ccccc2)cc1)c1ccc(C)o1. The van der Waals surface area contributed by atoms with Gasteiger partial charge in [0.15, 0.2) is 0 Å². The fourth-order valence-electron chi connectivity index (χ4n) is 4.66. The van der Waals surface area contributed by atoms with Crippen LogP contribution in [0.4, 0.5) is 0 Å². The van der Waals surface area contributed by atoms with Gasteiger partial charge in [0.05, 0.1) is 0 Å². The zero-order chi connectivity index (χ0) is 25.7. The molecule has 0 spiro atoms. The first-order valence-corrected chi connectivity index (χ1v) is 14.3. The van der Waals surface area contributed by atoms with E-state index in [1.807, 2.05) is 6.92 Å². The quantitative estimate of drug-likeness (QED) is 0.191. The molecule has 4 atom stereocenters. The second-order valence-corrected chi connectivity index (χ2v) is 12.2.